The highest BCUT2D eigenvalue weighted by atomic mass is 127. The standard InChI is InChI=1S/C33H32IN3O3/c1-19-11-24(20(2)36(19)27-9-5-26(34)6-10-27)15-29-30(38)35-32(40)37(31(29)39)28-7-3-25(4-8-28)33-16-21-12-22(17-33)14-23(13-21)18-33/h3-11,15,21-23H,12-14,16-18H2,1-2H3,(H,35,38,40)/b29-15+. The van der Waals surface area contributed by atoms with Gasteiger partial charge in [0.2, 0.25) is 0 Å². The summed E-state index contributed by atoms with van der Waals surface area (Å²) < 4.78 is 3.24. The van der Waals surface area contributed by atoms with E-state index in [1.54, 1.807) is 6.08 Å². The lowest BCUT2D eigenvalue weighted by molar-refractivity contribution is -0.122. The van der Waals surface area contributed by atoms with E-state index in [1.807, 2.05) is 56.3 Å². The molecular weight excluding hydrogens is 613 g/mol. The van der Waals surface area contributed by atoms with Crippen molar-refractivity contribution < 1.29 is 14.4 Å². The van der Waals surface area contributed by atoms with Crippen molar-refractivity contribution in [3.8, 4) is 5.69 Å². The van der Waals surface area contributed by atoms with Crippen molar-refractivity contribution in [2.75, 3.05) is 4.90 Å². The summed E-state index contributed by atoms with van der Waals surface area (Å²) in [4.78, 5) is 40.5. The van der Waals surface area contributed by atoms with Crippen LogP contribution in [-0.4, -0.2) is 22.4 Å². The molecule has 4 bridgehead atoms. The van der Waals surface area contributed by atoms with Crippen LogP contribution in [0.2, 0.25) is 0 Å². The van der Waals surface area contributed by atoms with E-state index in [0.29, 0.717) is 5.69 Å². The Bertz CT molecular complexity index is 1550. The Morgan fingerprint density at radius 1 is 0.850 bits per heavy atom. The largest absolute Gasteiger partial charge is 0.335 e. The Labute approximate surface area is 248 Å². The second kappa shape index (κ2) is 9.43. The van der Waals surface area contributed by atoms with Crippen LogP contribution in [0.3, 0.4) is 0 Å². The van der Waals surface area contributed by atoms with Gasteiger partial charge in [0.1, 0.15) is 5.57 Å². The fourth-order valence-electron chi connectivity index (χ4n) is 8.40. The van der Waals surface area contributed by atoms with Gasteiger partial charge in [0.15, 0.2) is 0 Å². The number of aromatic nitrogens is 1. The van der Waals surface area contributed by atoms with Gasteiger partial charge in [-0.05, 0) is 158 Å². The number of benzene rings is 2. The number of aryl methyl sites for hydroxylation is 1. The number of halogens is 1. The van der Waals surface area contributed by atoms with Crippen LogP contribution in [0.15, 0.2) is 60.2 Å². The third kappa shape index (κ3) is 4.16. The molecule has 2 aromatic carbocycles. The molecule has 4 amide bonds. The Balaban J connectivity index is 1.19. The number of imide groups is 2. The predicted molar refractivity (Wildman–Crippen MR) is 163 cm³/mol. The lowest BCUT2D eigenvalue weighted by Gasteiger charge is -2.57. The van der Waals surface area contributed by atoms with Crippen molar-refractivity contribution in [1.29, 1.82) is 0 Å². The molecule has 0 unspecified atom stereocenters. The maximum absolute atomic E-state index is 13.6. The van der Waals surface area contributed by atoms with Crippen molar-refractivity contribution in [1.82, 2.24) is 9.88 Å². The number of carbonyl (C=O) groups is 3. The van der Waals surface area contributed by atoms with Crippen LogP contribution in [0, 0.1) is 35.2 Å². The molecule has 0 atom stereocenters. The van der Waals surface area contributed by atoms with Gasteiger partial charge in [-0.25, -0.2) is 9.69 Å². The Hall–Kier alpha value is -3.20. The number of barbiturate groups is 1. The highest BCUT2D eigenvalue weighted by Gasteiger charge is 2.51. The third-order valence-electron chi connectivity index (χ3n) is 9.73. The van der Waals surface area contributed by atoms with E-state index in [-0.39, 0.29) is 11.0 Å². The summed E-state index contributed by atoms with van der Waals surface area (Å²) in [5.74, 6) is 1.25. The maximum atomic E-state index is 13.6. The van der Waals surface area contributed by atoms with E-state index in [0.717, 1.165) is 48.9 Å². The van der Waals surface area contributed by atoms with E-state index in [4.69, 9.17) is 0 Å². The van der Waals surface area contributed by atoms with Gasteiger partial charge >= 0.3 is 6.03 Å². The maximum Gasteiger partial charge on any atom is 0.335 e. The number of nitrogens with zero attached hydrogens (tertiary/aromatic N) is 2. The number of anilines is 1. The fraction of sp³-hybridized carbons (Fsp3) is 0.364. The van der Waals surface area contributed by atoms with Crippen molar-refractivity contribution in [3.05, 3.63) is 86.3 Å². The number of carbonyl (C=O) groups excluding carboxylic acids is 3. The molecule has 5 aliphatic rings. The van der Waals surface area contributed by atoms with Crippen LogP contribution in [0.4, 0.5) is 10.5 Å². The second-order valence-electron chi connectivity index (χ2n) is 12.3. The van der Waals surface area contributed by atoms with Crippen molar-refractivity contribution >= 4 is 52.2 Å². The molecule has 4 saturated carbocycles. The average molecular weight is 646 g/mol. The first kappa shape index (κ1) is 25.7. The van der Waals surface area contributed by atoms with Crippen LogP contribution in [-0.2, 0) is 15.0 Å². The van der Waals surface area contributed by atoms with Gasteiger partial charge < -0.3 is 4.57 Å². The molecule has 204 valence electrons. The smallest absolute Gasteiger partial charge is 0.318 e. The summed E-state index contributed by atoms with van der Waals surface area (Å²) in [6.07, 6.45) is 9.52. The molecule has 4 aliphatic carbocycles. The van der Waals surface area contributed by atoms with E-state index in [1.165, 1.54) is 44.1 Å². The molecule has 7 heteroatoms. The summed E-state index contributed by atoms with van der Waals surface area (Å²) in [6.45, 7) is 3.96. The van der Waals surface area contributed by atoms with Crippen molar-refractivity contribution in [2.45, 2.75) is 57.8 Å². The number of rotatable bonds is 4. The molecular formula is C33H32IN3O3. The van der Waals surface area contributed by atoms with E-state index in [2.05, 4.69) is 44.6 Å². The zero-order valence-corrected chi connectivity index (χ0v) is 24.9. The number of hydrogen-bond donors (Lipinski definition) is 1. The fourth-order valence-corrected chi connectivity index (χ4v) is 8.76. The molecule has 1 saturated heterocycles. The summed E-state index contributed by atoms with van der Waals surface area (Å²) in [5.41, 5.74) is 5.68. The first-order valence-corrected chi connectivity index (χ1v) is 15.3. The number of nitrogens with one attached hydrogen (secondary N) is 1. The second-order valence-corrected chi connectivity index (χ2v) is 13.6. The monoisotopic (exact) mass is 645 g/mol. The molecule has 40 heavy (non-hydrogen) atoms. The normalized spacial score (nSPS) is 28.5. The van der Waals surface area contributed by atoms with Crippen LogP contribution in [0.1, 0.15) is 61.0 Å². The summed E-state index contributed by atoms with van der Waals surface area (Å²) in [6, 6.07) is 17.4. The molecule has 0 radical (unpaired) electrons. The molecule has 1 aliphatic heterocycles. The SMILES string of the molecule is Cc1cc(/C=C2\C(=O)NC(=O)N(c3ccc(C45CC6CC(CC(C6)C4)C5)cc3)C2=O)c(C)n1-c1ccc(I)cc1. The van der Waals surface area contributed by atoms with Crippen LogP contribution < -0.4 is 10.2 Å². The molecule has 5 fully saturated rings. The lowest BCUT2D eigenvalue weighted by Crippen LogP contribution is -2.54. The summed E-state index contributed by atoms with van der Waals surface area (Å²) in [5, 5.41) is 2.38. The molecule has 2 heterocycles. The minimum atomic E-state index is -0.709. The zero-order chi connectivity index (χ0) is 27.8. The van der Waals surface area contributed by atoms with Crippen LogP contribution in [0.25, 0.3) is 11.8 Å². The third-order valence-corrected chi connectivity index (χ3v) is 10.5. The number of urea groups is 1. The van der Waals surface area contributed by atoms with Crippen LogP contribution in [0.5, 0.6) is 0 Å². The molecule has 1 aromatic heterocycles. The Kier molecular flexibility index (Phi) is 6.07. The van der Waals surface area contributed by atoms with Crippen molar-refractivity contribution in [3.63, 3.8) is 0 Å². The van der Waals surface area contributed by atoms with Gasteiger partial charge in [0.05, 0.1) is 5.69 Å². The van der Waals surface area contributed by atoms with Gasteiger partial charge in [-0.3, -0.25) is 14.9 Å². The lowest BCUT2D eigenvalue weighted by atomic mass is 9.48. The van der Waals surface area contributed by atoms with Gasteiger partial charge in [-0.2, -0.15) is 0 Å². The number of amides is 4. The van der Waals surface area contributed by atoms with E-state index >= 15 is 0 Å². The molecule has 0 spiro atoms. The van der Waals surface area contributed by atoms with Gasteiger partial charge in [0.25, 0.3) is 11.8 Å². The summed E-state index contributed by atoms with van der Waals surface area (Å²) >= 11 is 2.28. The Morgan fingerprint density at radius 2 is 1.43 bits per heavy atom. The Morgan fingerprint density at radius 3 is 2.02 bits per heavy atom. The average Bonchev–Trinajstić information content (AvgIpc) is 3.19. The topological polar surface area (TPSA) is 71.4 Å². The first-order chi connectivity index (χ1) is 19.2. The molecule has 3 aromatic rings. The highest BCUT2D eigenvalue weighted by Crippen LogP contribution is 2.60. The molecule has 8 rings (SSSR count). The first-order valence-electron chi connectivity index (χ1n) is 14.2. The minimum Gasteiger partial charge on any atom is -0.318 e. The summed E-state index contributed by atoms with van der Waals surface area (Å²) in [7, 11) is 0. The number of hydrogen-bond acceptors (Lipinski definition) is 3. The highest BCUT2D eigenvalue weighted by molar-refractivity contribution is 14.1. The van der Waals surface area contributed by atoms with Gasteiger partial charge in [-0.15, -0.1) is 0 Å². The van der Waals surface area contributed by atoms with Gasteiger partial charge in [0, 0.05) is 20.6 Å². The van der Waals surface area contributed by atoms with E-state index in [9.17, 15) is 14.4 Å². The van der Waals surface area contributed by atoms with Crippen LogP contribution >= 0.6 is 22.6 Å². The van der Waals surface area contributed by atoms with E-state index < -0.39 is 17.8 Å². The predicted octanol–water partition coefficient (Wildman–Crippen LogP) is 6.83. The molecule has 6 nitrogen and oxygen atoms in total. The minimum absolute atomic E-state index is 0.0485. The quantitative estimate of drug-likeness (QED) is 0.192. The molecule has 1 N–H and O–H groups in total. The van der Waals surface area contributed by atoms with Gasteiger partial charge in [-0.1, -0.05) is 12.1 Å². The van der Waals surface area contributed by atoms with Crippen molar-refractivity contribution in [2.24, 2.45) is 17.8 Å². The zero-order valence-electron chi connectivity index (χ0n) is 22.7.